The molecule has 0 aromatic heterocycles. The fourth-order valence-electron chi connectivity index (χ4n) is 0.234. The first-order chi connectivity index (χ1) is 6.36. The van der Waals surface area contributed by atoms with Crippen LogP contribution in [0.4, 0.5) is 0 Å². The predicted octanol–water partition coefficient (Wildman–Crippen LogP) is 2.13. The van der Waals surface area contributed by atoms with Gasteiger partial charge in [0.2, 0.25) is 0 Å². The number of esters is 1. The molecule has 0 aliphatic heterocycles. The largest absolute Gasteiger partial charge is 0.477 e. The van der Waals surface area contributed by atoms with Gasteiger partial charge in [0.05, 0.1) is 7.11 Å². The molecule has 0 unspecified atom stereocenters. The Labute approximate surface area is 91.8 Å². The third-order valence-corrected chi connectivity index (χ3v) is 1.40. The summed E-state index contributed by atoms with van der Waals surface area (Å²) in [5.74, 6) is -1.66. The van der Waals surface area contributed by atoms with Crippen molar-refractivity contribution in [2.24, 2.45) is 0 Å². The van der Waals surface area contributed by atoms with E-state index in [1.165, 1.54) is 13.2 Å². The van der Waals surface area contributed by atoms with Crippen LogP contribution < -0.4 is 0 Å². The first kappa shape index (κ1) is 15.5. The first-order valence-corrected chi connectivity index (χ1v) is 4.10. The highest BCUT2D eigenvalue weighted by atomic mass is 35.5. The van der Waals surface area contributed by atoms with Crippen LogP contribution in [0.15, 0.2) is 22.7 Å². The topological polar surface area (TPSA) is 63.6 Å². The Morgan fingerprint density at radius 3 is 1.86 bits per heavy atom. The van der Waals surface area contributed by atoms with Gasteiger partial charge in [0.1, 0.15) is 10.1 Å². The predicted molar refractivity (Wildman–Crippen MR) is 54.3 cm³/mol. The van der Waals surface area contributed by atoms with Crippen molar-refractivity contribution in [1.82, 2.24) is 0 Å². The highest BCUT2D eigenvalue weighted by Gasteiger charge is 1.98. The molecule has 0 aliphatic rings. The van der Waals surface area contributed by atoms with Crippen molar-refractivity contribution >= 4 is 35.1 Å². The number of allylic oxidation sites excluding steroid dienone is 1. The molecule has 0 fully saturated rings. The van der Waals surface area contributed by atoms with Gasteiger partial charge in [-0.1, -0.05) is 35.9 Å². The van der Waals surface area contributed by atoms with Crippen molar-refractivity contribution in [3.63, 3.8) is 0 Å². The van der Waals surface area contributed by atoms with E-state index >= 15 is 0 Å². The van der Waals surface area contributed by atoms with E-state index in [1.807, 2.05) is 0 Å². The number of ether oxygens (including phenoxy) is 1. The molecular formula is C8H10Cl2O4. The molecule has 0 aromatic carbocycles. The fourth-order valence-corrected chi connectivity index (χ4v) is 0.311. The van der Waals surface area contributed by atoms with Crippen molar-refractivity contribution < 1.29 is 19.4 Å². The highest BCUT2D eigenvalue weighted by Crippen LogP contribution is 1.97. The Bertz CT molecular complexity index is 258. The van der Waals surface area contributed by atoms with Crippen molar-refractivity contribution in [1.29, 1.82) is 0 Å². The van der Waals surface area contributed by atoms with E-state index in [0.717, 1.165) is 0 Å². The van der Waals surface area contributed by atoms with Crippen LogP contribution in [0, 0.1) is 0 Å². The quantitative estimate of drug-likeness (QED) is 0.594. The Kier molecular flexibility index (Phi) is 9.49. The second-order valence-corrected chi connectivity index (χ2v) is 2.70. The molecule has 0 spiro atoms. The number of carboxylic acid groups (broad SMARTS) is 1. The SMILES string of the molecule is C=C(Cl)C(=O)OC.CC=C(Cl)C(=O)O. The maximum atomic E-state index is 10.1. The zero-order valence-corrected chi connectivity index (χ0v) is 9.22. The van der Waals surface area contributed by atoms with Crippen LogP contribution in [0.3, 0.4) is 0 Å². The standard InChI is InChI=1S/2C4H5ClO2/c1-3(5)4(6)7-2;1-2-3(5)4(6)7/h1H2,2H3;2H,1H3,(H,6,7). The number of aliphatic carboxylic acids is 1. The molecular weight excluding hydrogens is 231 g/mol. The average Bonchev–Trinajstić information content (AvgIpc) is 2.15. The molecule has 0 radical (unpaired) electrons. The minimum absolute atomic E-state index is 0.0949. The van der Waals surface area contributed by atoms with E-state index < -0.39 is 11.9 Å². The zero-order valence-electron chi connectivity index (χ0n) is 7.71. The van der Waals surface area contributed by atoms with Gasteiger partial charge in [0, 0.05) is 0 Å². The molecule has 0 atom stereocenters. The summed E-state index contributed by atoms with van der Waals surface area (Å²) in [7, 11) is 1.25. The Balaban J connectivity index is 0. The lowest BCUT2D eigenvalue weighted by atomic mass is 10.5. The van der Waals surface area contributed by atoms with Crippen molar-refractivity contribution in [3.05, 3.63) is 22.7 Å². The molecule has 0 aliphatic carbocycles. The van der Waals surface area contributed by atoms with Gasteiger partial charge in [-0.3, -0.25) is 0 Å². The van der Waals surface area contributed by atoms with Crippen LogP contribution in [0.1, 0.15) is 6.92 Å². The summed E-state index contributed by atoms with van der Waals surface area (Å²) >= 11 is 10.1. The van der Waals surface area contributed by atoms with Gasteiger partial charge in [-0.25, -0.2) is 9.59 Å². The normalized spacial score (nSPS) is 9.57. The third-order valence-electron chi connectivity index (χ3n) is 0.865. The second-order valence-electron chi connectivity index (χ2n) is 1.84. The molecule has 0 amide bonds. The van der Waals surface area contributed by atoms with Gasteiger partial charge < -0.3 is 9.84 Å². The Hall–Kier alpha value is -1.00. The molecule has 0 bridgehead atoms. The van der Waals surface area contributed by atoms with Gasteiger partial charge in [-0.05, 0) is 6.92 Å². The fraction of sp³-hybridized carbons (Fsp3) is 0.250. The van der Waals surface area contributed by atoms with E-state index in [4.69, 9.17) is 28.3 Å². The van der Waals surface area contributed by atoms with Crippen molar-refractivity contribution in [2.75, 3.05) is 7.11 Å². The molecule has 0 rings (SSSR count). The lowest BCUT2D eigenvalue weighted by molar-refractivity contribution is -0.135. The van der Waals surface area contributed by atoms with Crippen LogP contribution in [0.5, 0.6) is 0 Å². The Morgan fingerprint density at radius 1 is 1.43 bits per heavy atom. The summed E-state index contributed by atoms with van der Waals surface area (Å²) in [5, 5.41) is 7.75. The highest BCUT2D eigenvalue weighted by molar-refractivity contribution is 6.41. The number of rotatable bonds is 2. The number of methoxy groups -OCH3 is 1. The minimum Gasteiger partial charge on any atom is -0.477 e. The zero-order chi connectivity index (χ0) is 11.7. The molecule has 0 saturated carbocycles. The molecule has 80 valence electrons. The van der Waals surface area contributed by atoms with Crippen LogP contribution in [-0.2, 0) is 14.3 Å². The summed E-state index contributed by atoms with van der Waals surface area (Å²) in [6.45, 7) is 4.68. The molecule has 4 nitrogen and oxygen atoms in total. The lowest BCUT2D eigenvalue weighted by Gasteiger charge is -1.89. The van der Waals surface area contributed by atoms with E-state index in [0.29, 0.717) is 0 Å². The second kappa shape index (κ2) is 8.59. The van der Waals surface area contributed by atoms with Crippen LogP contribution in [0.2, 0.25) is 0 Å². The van der Waals surface area contributed by atoms with E-state index in [2.05, 4.69) is 11.3 Å². The summed E-state index contributed by atoms with van der Waals surface area (Å²) in [4.78, 5) is 19.8. The summed E-state index contributed by atoms with van der Waals surface area (Å²) in [6, 6.07) is 0. The van der Waals surface area contributed by atoms with Gasteiger partial charge >= 0.3 is 11.9 Å². The maximum absolute atomic E-state index is 10.1. The Morgan fingerprint density at radius 2 is 1.86 bits per heavy atom. The number of carboxylic acids is 1. The number of halogens is 2. The number of carbonyl (C=O) groups is 2. The lowest BCUT2D eigenvalue weighted by Crippen LogP contribution is -1.97. The van der Waals surface area contributed by atoms with Gasteiger partial charge in [0.25, 0.3) is 0 Å². The monoisotopic (exact) mass is 240 g/mol. The molecule has 1 N–H and O–H groups in total. The average molecular weight is 241 g/mol. The summed E-state index contributed by atoms with van der Waals surface area (Å²) < 4.78 is 4.14. The van der Waals surface area contributed by atoms with E-state index in [-0.39, 0.29) is 10.1 Å². The van der Waals surface area contributed by atoms with E-state index in [1.54, 1.807) is 6.92 Å². The minimum atomic E-state index is -1.08. The molecule has 0 aromatic rings. The smallest absolute Gasteiger partial charge is 0.348 e. The molecule has 6 heteroatoms. The molecule has 14 heavy (non-hydrogen) atoms. The first-order valence-electron chi connectivity index (χ1n) is 3.34. The summed E-state index contributed by atoms with van der Waals surface area (Å²) in [6.07, 6.45) is 1.32. The van der Waals surface area contributed by atoms with Gasteiger partial charge in [0.15, 0.2) is 0 Å². The van der Waals surface area contributed by atoms with Gasteiger partial charge in [-0.2, -0.15) is 0 Å². The number of hydrogen-bond acceptors (Lipinski definition) is 3. The maximum Gasteiger partial charge on any atom is 0.348 e. The van der Waals surface area contributed by atoms with E-state index in [9.17, 15) is 9.59 Å². The van der Waals surface area contributed by atoms with Crippen LogP contribution >= 0.6 is 23.2 Å². The van der Waals surface area contributed by atoms with Crippen LogP contribution in [-0.4, -0.2) is 24.2 Å². The van der Waals surface area contributed by atoms with Gasteiger partial charge in [-0.15, -0.1) is 0 Å². The third kappa shape index (κ3) is 9.09. The number of hydrogen-bond donors (Lipinski definition) is 1. The summed E-state index contributed by atoms with van der Waals surface area (Å²) in [5.41, 5.74) is 0. The molecule has 0 saturated heterocycles. The van der Waals surface area contributed by atoms with Crippen molar-refractivity contribution in [3.8, 4) is 0 Å². The van der Waals surface area contributed by atoms with Crippen LogP contribution in [0.25, 0.3) is 0 Å². The molecule has 0 heterocycles. The number of carbonyl (C=O) groups excluding carboxylic acids is 1. The van der Waals surface area contributed by atoms with Crippen molar-refractivity contribution in [2.45, 2.75) is 6.92 Å².